The van der Waals surface area contributed by atoms with Gasteiger partial charge in [0.2, 0.25) is 11.8 Å². The van der Waals surface area contributed by atoms with Gasteiger partial charge in [-0.05, 0) is 24.3 Å². The molecule has 2 aromatic carbocycles. The van der Waals surface area contributed by atoms with Gasteiger partial charge in [0.15, 0.2) is 0 Å². The first kappa shape index (κ1) is 19.3. The van der Waals surface area contributed by atoms with E-state index in [0.717, 1.165) is 22.0 Å². The summed E-state index contributed by atoms with van der Waals surface area (Å²) in [4.78, 5) is 46.9. The third kappa shape index (κ3) is 4.77. The van der Waals surface area contributed by atoms with Crippen LogP contribution in [0.15, 0.2) is 48.5 Å². The Balaban J connectivity index is 1.91. The summed E-state index contributed by atoms with van der Waals surface area (Å²) < 4.78 is 4.93. The third-order valence-corrected chi connectivity index (χ3v) is 4.56. The number of benzene rings is 2. The van der Waals surface area contributed by atoms with Gasteiger partial charge in [-0.3, -0.25) is 28.6 Å². The summed E-state index contributed by atoms with van der Waals surface area (Å²) in [5, 5.41) is 0. The predicted octanol–water partition coefficient (Wildman–Crippen LogP) is 1.26. The molecule has 0 aliphatic heterocycles. The van der Waals surface area contributed by atoms with E-state index in [0.29, 0.717) is 0 Å². The molecule has 0 spiro atoms. The number of carbonyl (C=O) groups is 4. The summed E-state index contributed by atoms with van der Waals surface area (Å²) in [5.74, 6) is -2.51. The minimum atomic E-state index is -0.718. The molecule has 0 aliphatic carbocycles. The second-order valence-electron chi connectivity index (χ2n) is 4.85. The van der Waals surface area contributed by atoms with Crippen LogP contribution in [0.1, 0.15) is 41.4 Å². The summed E-state index contributed by atoms with van der Waals surface area (Å²) in [6, 6.07) is 12.2. The highest BCUT2D eigenvalue weighted by molar-refractivity contribution is 8.75. The van der Waals surface area contributed by atoms with Gasteiger partial charge in [0.1, 0.15) is 0 Å². The number of nitrogens with one attached hydrogen (secondary N) is 2. The molecule has 0 heterocycles. The van der Waals surface area contributed by atoms with Gasteiger partial charge in [-0.25, -0.2) is 0 Å². The fraction of sp³-hybridized carbons (Fsp3) is 0. The Morgan fingerprint density at radius 1 is 0.615 bits per heavy atom. The molecule has 0 atom stereocenters. The second kappa shape index (κ2) is 8.92. The normalized spacial score (nSPS) is 10.0. The largest absolute Gasteiger partial charge is 0.366 e. The average molecular weight is 390 g/mol. The van der Waals surface area contributed by atoms with Crippen LogP contribution < -0.4 is 20.9 Å². The topological polar surface area (TPSA) is 144 Å². The fourth-order valence-electron chi connectivity index (χ4n) is 2.02. The van der Waals surface area contributed by atoms with Crippen LogP contribution in [0.25, 0.3) is 0 Å². The summed E-state index contributed by atoms with van der Waals surface area (Å²) in [6.45, 7) is 0. The Kier molecular flexibility index (Phi) is 6.64. The van der Waals surface area contributed by atoms with Crippen molar-refractivity contribution in [1.29, 1.82) is 0 Å². The summed E-state index contributed by atoms with van der Waals surface area (Å²) in [6.07, 6.45) is 0. The molecule has 8 nitrogen and oxygen atoms in total. The minimum Gasteiger partial charge on any atom is -0.366 e. The molecule has 0 saturated carbocycles. The molecule has 2 rings (SSSR count). The van der Waals surface area contributed by atoms with Crippen LogP contribution in [0.5, 0.6) is 0 Å². The standard InChI is InChI=1S/C16H14N4O4S2/c17-13(21)9-5-1-3-7-11(9)15(23)19-25-26-20-16(24)12-8-4-2-6-10(12)14(18)22/h1-8H,(H2,17,21)(H2,18,22)(H,19,23)(H,20,24). The maximum Gasteiger partial charge on any atom is 0.262 e. The van der Waals surface area contributed by atoms with Gasteiger partial charge in [-0.2, -0.15) is 0 Å². The van der Waals surface area contributed by atoms with E-state index in [1.54, 1.807) is 24.3 Å². The lowest BCUT2D eigenvalue weighted by Gasteiger charge is -2.08. The van der Waals surface area contributed by atoms with Crippen molar-refractivity contribution < 1.29 is 19.2 Å². The van der Waals surface area contributed by atoms with Crippen molar-refractivity contribution in [3.63, 3.8) is 0 Å². The van der Waals surface area contributed by atoms with E-state index in [-0.39, 0.29) is 22.3 Å². The number of amides is 4. The zero-order valence-corrected chi connectivity index (χ0v) is 14.9. The first-order valence-electron chi connectivity index (χ1n) is 7.12. The second-order valence-corrected chi connectivity index (χ2v) is 6.59. The molecule has 0 unspecified atom stereocenters. The van der Waals surface area contributed by atoms with Crippen LogP contribution in [0.2, 0.25) is 0 Å². The Labute approximate surface area is 156 Å². The van der Waals surface area contributed by atoms with Crippen LogP contribution >= 0.6 is 22.0 Å². The number of primary amides is 2. The summed E-state index contributed by atoms with van der Waals surface area (Å²) >= 11 is 0. The maximum atomic E-state index is 12.1. The number of carbonyl (C=O) groups excluding carboxylic acids is 4. The first-order valence-corrected chi connectivity index (χ1v) is 9.27. The zero-order chi connectivity index (χ0) is 19.1. The highest BCUT2D eigenvalue weighted by Gasteiger charge is 2.16. The van der Waals surface area contributed by atoms with Gasteiger partial charge in [-0.15, -0.1) is 0 Å². The molecule has 0 fully saturated rings. The van der Waals surface area contributed by atoms with Gasteiger partial charge in [-0.1, -0.05) is 24.3 Å². The van der Waals surface area contributed by atoms with E-state index >= 15 is 0 Å². The minimum absolute atomic E-state index is 0.0926. The van der Waals surface area contributed by atoms with Crippen molar-refractivity contribution in [3.05, 3.63) is 70.8 Å². The Hall–Kier alpha value is -2.98. The molecular weight excluding hydrogens is 376 g/mol. The number of hydrogen-bond acceptors (Lipinski definition) is 6. The van der Waals surface area contributed by atoms with E-state index in [9.17, 15) is 19.2 Å². The molecule has 134 valence electrons. The van der Waals surface area contributed by atoms with Crippen LogP contribution in [0, 0.1) is 0 Å². The Morgan fingerprint density at radius 2 is 0.923 bits per heavy atom. The molecule has 10 heteroatoms. The Bertz CT molecular complexity index is 801. The van der Waals surface area contributed by atoms with Gasteiger partial charge in [0.05, 0.1) is 22.3 Å². The van der Waals surface area contributed by atoms with E-state index in [2.05, 4.69) is 9.44 Å². The van der Waals surface area contributed by atoms with Crippen molar-refractivity contribution in [2.24, 2.45) is 11.5 Å². The van der Waals surface area contributed by atoms with Crippen molar-refractivity contribution in [2.75, 3.05) is 0 Å². The number of hydrogen-bond donors (Lipinski definition) is 4. The smallest absolute Gasteiger partial charge is 0.262 e. The summed E-state index contributed by atoms with van der Waals surface area (Å²) in [7, 11) is 1.66. The van der Waals surface area contributed by atoms with Crippen molar-refractivity contribution in [1.82, 2.24) is 9.44 Å². The van der Waals surface area contributed by atoms with E-state index in [1.807, 2.05) is 0 Å². The van der Waals surface area contributed by atoms with Gasteiger partial charge in [0, 0.05) is 22.0 Å². The first-order chi connectivity index (χ1) is 12.4. The Morgan fingerprint density at radius 3 is 1.23 bits per heavy atom. The molecule has 6 N–H and O–H groups in total. The molecule has 2 aromatic rings. The van der Waals surface area contributed by atoms with Crippen LogP contribution in [-0.4, -0.2) is 23.6 Å². The molecule has 0 aliphatic rings. The van der Waals surface area contributed by atoms with Crippen molar-refractivity contribution in [3.8, 4) is 0 Å². The van der Waals surface area contributed by atoms with E-state index in [4.69, 9.17) is 11.5 Å². The monoisotopic (exact) mass is 390 g/mol. The van der Waals surface area contributed by atoms with Crippen LogP contribution in [-0.2, 0) is 0 Å². The lowest BCUT2D eigenvalue weighted by molar-refractivity contribution is 0.0957. The van der Waals surface area contributed by atoms with Crippen LogP contribution in [0.3, 0.4) is 0 Å². The lowest BCUT2D eigenvalue weighted by atomic mass is 10.1. The maximum absolute atomic E-state index is 12.1. The van der Waals surface area contributed by atoms with Crippen molar-refractivity contribution >= 4 is 45.6 Å². The van der Waals surface area contributed by atoms with Gasteiger partial charge >= 0.3 is 0 Å². The molecule has 0 bridgehead atoms. The zero-order valence-electron chi connectivity index (χ0n) is 13.2. The summed E-state index contributed by atoms with van der Waals surface area (Å²) in [5.41, 5.74) is 10.9. The van der Waals surface area contributed by atoms with Gasteiger partial charge in [0.25, 0.3) is 11.8 Å². The van der Waals surface area contributed by atoms with E-state index in [1.165, 1.54) is 24.3 Å². The molecule has 4 amide bonds. The molecule has 0 saturated heterocycles. The molecule has 0 radical (unpaired) electrons. The fourth-order valence-corrected chi connectivity index (χ4v) is 3.18. The highest BCUT2D eigenvalue weighted by Crippen LogP contribution is 2.17. The quantitative estimate of drug-likeness (QED) is 0.318. The lowest BCUT2D eigenvalue weighted by Crippen LogP contribution is -2.24. The van der Waals surface area contributed by atoms with E-state index < -0.39 is 23.6 Å². The van der Waals surface area contributed by atoms with Gasteiger partial charge < -0.3 is 11.5 Å². The highest BCUT2D eigenvalue weighted by atomic mass is 33.1. The average Bonchev–Trinajstić information content (AvgIpc) is 2.64. The molecular formula is C16H14N4O4S2. The van der Waals surface area contributed by atoms with Crippen molar-refractivity contribution in [2.45, 2.75) is 0 Å². The SMILES string of the molecule is NC(=O)c1ccccc1C(=O)NSSNC(=O)c1ccccc1C(N)=O. The van der Waals surface area contributed by atoms with Crippen LogP contribution in [0.4, 0.5) is 0 Å². The third-order valence-electron chi connectivity index (χ3n) is 3.18. The predicted molar refractivity (Wildman–Crippen MR) is 100 cm³/mol. The molecule has 0 aromatic heterocycles. The number of rotatable bonds is 7. The molecule has 26 heavy (non-hydrogen) atoms. The number of nitrogens with two attached hydrogens (primary N) is 2.